The summed E-state index contributed by atoms with van der Waals surface area (Å²) < 4.78 is 5.35. The number of aliphatic carboxylic acids is 1. The molecule has 1 N–H and O–H groups in total. The first-order valence-electron chi connectivity index (χ1n) is 7.55. The number of carboxylic acids is 1. The highest BCUT2D eigenvalue weighted by Crippen LogP contribution is 2.41. The number of thioether (sulfide) groups is 1. The third-order valence-corrected chi connectivity index (χ3v) is 5.11. The van der Waals surface area contributed by atoms with Gasteiger partial charge in [0.05, 0.1) is 0 Å². The zero-order chi connectivity index (χ0) is 16.9. The second kappa shape index (κ2) is 7.40. The number of nitrogens with zero attached hydrogens (tertiary/aromatic N) is 1. The predicted molar refractivity (Wildman–Crippen MR) is 91.5 cm³/mol. The summed E-state index contributed by atoms with van der Waals surface area (Å²) in [6.07, 6.45) is -0.606. The van der Waals surface area contributed by atoms with Gasteiger partial charge in [-0.1, -0.05) is 60.7 Å². The molecule has 3 rings (SSSR count). The van der Waals surface area contributed by atoms with Gasteiger partial charge in [-0.2, -0.15) is 0 Å². The molecule has 5 nitrogen and oxygen atoms in total. The van der Waals surface area contributed by atoms with Crippen LogP contribution in [0.5, 0.6) is 0 Å². The number of carboxylic acid groups (broad SMARTS) is 1. The number of carbonyl (C=O) groups is 2. The van der Waals surface area contributed by atoms with Gasteiger partial charge in [0.15, 0.2) is 0 Å². The van der Waals surface area contributed by atoms with Crippen LogP contribution in [0, 0.1) is 0 Å². The fourth-order valence-electron chi connectivity index (χ4n) is 2.59. The van der Waals surface area contributed by atoms with Crippen LogP contribution in [0.3, 0.4) is 0 Å². The van der Waals surface area contributed by atoms with Gasteiger partial charge in [0.25, 0.3) is 0 Å². The van der Waals surface area contributed by atoms with Crippen molar-refractivity contribution in [3.8, 4) is 0 Å². The maximum Gasteiger partial charge on any atom is 0.412 e. The number of hydrogen-bond acceptors (Lipinski definition) is 4. The van der Waals surface area contributed by atoms with Gasteiger partial charge in [-0.25, -0.2) is 9.59 Å². The number of benzene rings is 2. The average Bonchev–Trinajstić information content (AvgIpc) is 3.07. The largest absolute Gasteiger partial charge is 0.480 e. The summed E-state index contributed by atoms with van der Waals surface area (Å²) in [4.78, 5) is 25.4. The molecule has 0 aromatic heterocycles. The van der Waals surface area contributed by atoms with Crippen molar-refractivity contribution in [3.63, 3.8) is 0 Å². The van der Waals surface area contributed by atoms with Crippen molar-refractivity contribution in [2.75, 3.05) is 5.75 Å². The van der Waals surface area contributed by atoms with Gasteiger partial charge >= 0.3 is 12.1 Å². The van der Waals surface area contributed by atoms with E-state index in [1.807, 2.05) is 60.7 Å². The molecule has 124 valence electrons. The van der Waals surface area contributed by atoms with E-state index in [0.717, 1.165) is 11.1 Å². The predicted octanol–water partition coefficient (Wildman–Crippen LogP) is 3.52. The molecule has 2 atom stereocenters. The van der Waals surface area contributed by atoms with Crippen LogP contribution in [0.4, 0.5) is 4.79 Å². The highest BCUT2D eigenvalue weighted by molar-refractivity contribution is 7.99. The van der Waals surface area contributed by atoms with Crippen molar-refractivity contribution >= 4 is 23.8 Å². The fraction of sp³-hybridized carbons (Fsp3) is 0.222. The van der Waals surface area contributed by atoms with E-state index in [0.29, 0.717) is 5.75 Å². The molecule has 0 spiro atoms. The van der Waals surface area contributed by atoms with Crippen LogP contribution in [0.25, 0.3) is 0 Å². The molecule has 2 aromatic rings. The summed E-state index contributed by atoms with van der Waals surface area (Å²) >= 11 is 1.43. The lowest BCUT2D eigenvalue weighted by molar-refractivity contribution is -0.141. The molecule has 2 unspecified atom stereocenters. The van der Waals surface area contributed by atoms with E-state index in [1.54, 1.807) is 0 Å². The second-order valence-corrected chi connectivity index (χ2v) is 6.51. The third kappa shape index (κ3) is 3.54. The summed E-state index contributed by atoms with van der Waals surface area (Å²) in [6, 6.07) is 17.8. The Morgan fingerprint density at radius 2 is 1.71 bits per heavy atom. The van der Waals surface area contributed by atoms with Gasteiger partial charge in [0.1, 0.15) is 18.0 Å². The van der Waals surface area contributed by atoms with Crippen molar-refractivity contribution in [3.05, 3.63) is 71.8 Å². The Balaban J connectivity index is 1.77. The molecule has 1 aliphatic heterocycles. The summed E-state index contributed by atoms with van der Waals surface area (Å²) in [5.74, 6) is -0.674. The van der Waals surface area contributed by atoms with Crippen LogP contribution < -0.4 is 0 Å². The smallest absolute Gasteiger partial charge is 0.412 e. The molecule has 0 saturated carbocycles. The minimum absolute atomic E-state index is 0.120. The molecule has 1 amide bonds. The van der Waals surface area contributed by atoms with Gasteiger partial charge in [-0.05, 0) is 11.1 Å². The fourth-order valence-corrected chi connectivity index (χ4v) is 4.00. The van der Waals surface area contributed by atoms with Gasteiger partial charge < -0.3 is 9.84 Å². The van der Waals surface area contributed by atoms with E-state index in [1.165, 1.54) is 16.7 Å². The molecular weight excluding hydrogens is 326 g/mol. The van der Waals surface area contributed by atoms with Crippen molar-refractivity contribution in [1.82, 2.24) is 4.90 Å². The van der Waals surface area contributed by atoms with Crippen molar-refractivity contribution < 1.29 is 19.4 Å². The standard InChI is InChI=1S/C18H17NO4S/c20-17(21)15-12-24-16(14-9-5-2-6-10-14)19(15)18(22)23-11-13-7-3-1-4-8-13/h1-10,15-16H,11-12H2,(H,20,21). The number of carbonyl (C=O) groups excluding carboxylic acids is 1. The van der Waals surface area contributed by atoms with Crippen LogP contribution in [0.2, 0.25) is 0 Å². The molecule has 0 bridgehead atoms. The van der Waals surface area contributed by atoms with E-state index in [9.17, 15) is 14.7 Å². The Hall–Kier alpha value is -2.47. The van der Waals surface area contributed by atoms with E-state index >= 15 is 0 Å². The lowest BCUT2D eigenvalue weighted by Crippen LogP contribution is -2.43. The molecule has 1 saturated heterocycles. The number of hydrogen-bond donors (Lipinski definition) is 1. The SMILES string of the molecule is O=C(O)C1CSC(c2ccccc2)N1C(=O)OCc1ccccc1. The Morgan fingerprint density at radius 1 is 1.08 bits per heavy atom. The van der Waals surface area contributed by atoms with Gasteiger partial charge in [0, 0.05) is 5.75 Å². The molecule has 1 heterocycles. The highest BCUT2D eigenvalue weighted by atomic mass is 32.2. The van der Waals surface area contributed by atoms with Crippen molar-refractivity contribution in [1.29, 1.82) is 0 Å². The average molecular weight is 343 g/mol. The quantitative estimate of drug-likeness (QED) is 0.920. The Kier molecular flexibility index (Phi) is 5.05. The Labute approximate surface area is 144 Å². The summed E-state index contributed by atoms with van der Waals surface area (Å²) in [7, 11) is 0. The molecule has 0 radical (unpaired) electrons. The first kappa shape index (κ1) is 16.4. The maximum absolute atomic E-state index is 12.5. The molecule has 0 aliphatic carbocycles. The van der Waals surface area contributed by atoms with Crippen LogP contribution in [0.1, 0.15) is 16.5 Å². The number of ether oxygens (including phenoxy) is 1. The van der Waals surface area contributed by atoms with E-state index in [2.05, 4.69) is 0 Å². The van der Waals surface area contributed by atoms with Gasteiger partial charge in [0.2, 0.25) is 0 Å². The summed E-state index contributed by atoms with van der Waals surface area (Å²) in [6.45, 7) is 0.120. The molecule has 6 heteroatoms. The minimum Gasteiger partial charge on any atom is -0.480 e. The van der Waals surface area contributed by atoms with Crippen LogP contribution >= 0.6 is 11.8 Å². The Morgan fingerprint density at radius 3 is 2.33 bits per heavy atom. The monoisotopic (exact) mass is 343 g/mol. The Bertz CT molecular complexity index is 707. The highest BCUT2D eigenvalue weighted by Gasteiger charge is 2.43. The number of rotatable bonds is 4. The normalized spacial score (nSPS) is 19.9. The topological polar surface area (TPSA) is 66.8 Å². The first-order valence-corrected chi connectivity index (χ1v) is 8.60. The number of amides is 1. The molecule has 2 aromatic carbocycles. The second-order valence-electron chi connectivity index (χ2n) is 5.40. The first-order chi connectivity index (χ1) is 11.7. The maximum atomic E-state index is 12.5. The van der Waals surface area contributed by atoms with E-state index in [-0.39, 0.29) is 12.0 Å². The van der Waals surface area contributed by atoms with Crippen LogP contribution in [0.15, 0.2) is 60.7 Å². The lowest BCUT2D eigenvalue weighted by atomic mass is 10.2. The molecular formula is C18H17NO4S. The molecule has 24 heavy (non-hydrogen) atoms. The zero-order valence-electron chi connectivity index (χ0n) is 12.9. The van der Waals surface area contributed by atoms with E-state index < -0.39 is 18.1 Å². The molecule has 1 fully saturated rings. The zero-order valence-corrected chi connectivity index (χ0v) is 13.7. The molecule has 1 aliphatic rings. The minimum atomic E-state index is -1.02. The van der Waals surface area contributed by atoms with E-state index in [4.69, 9.17) is 4.74 Å². The van der Waals surface area contributed by atoms with Crippen molar-refractivity contribution in [2.45, 2.75) is 18.0 Å². The van der Waals surface area contributed by atoms with Gasteiger partial charge in [-0.3, -0.25) is 4.90 Å². The van der Waals surface area contributed by atoms with Crippen LogP contribution in [-0.4, -0.2) is 33.9 Å². The van der Waals surface area contributed by atoms with Crippen LogP contribution in [-0.2, 0) is 16.1 Å². The van der Waals surface area contributed by atoms with Crippen molar-refractivity contribution in [2.24, 2.45) is 0 Å². The summed E-state index contributed by atoms with van der Waals surface area (Å²) in [5, 5.41) is 9.07. The third-order valence-electron chi connectivity index (χ3n) is 3.79. The van der Waals surface area contributed by atoms with Gasteiger partial charge in [-0.15, -0.1) is 11.8 Å². The summed E-state index contributed by atoms with van der Waals surface area (Å²) in [5.41, 5.74) is 1.75. The lowest BCUT2D eigenvalue weighted by Gasteiger charge is -2.26.